The fraction of sp³-hybridized carbons (Fsp3) is 0.700. The molecule has 2 amide bonds. The van der Waals surface area contributed by atoms with Crippen molar-refractivity contribution in [2.45, 2.75) is 58.8 Å². The van der Waals surface area contributed by atoms with Gasteiger partial charge in [0.25, 0.3) is 5.91 Å². The topological polar surface area (TPSA) is 66.4 Å². The Morgan fingerprint density at radius 1 is 1.19 bits per heavy atom. The summed E-state index contributed by atoms with van der Waals surface area (Å²) in [6.45, 7) is 8.68. The first kappa shape index (κ1) is 18.8. The second-order valence-corrected chi connectivity index (χ2v) is 7.46. The van der Waals surface area contributed by atoms with Crippen molar-refractivity contribution in [2.75, 3.05) is 26.2 Å². The third-order valence-electron chi connectivity index (χ3n) is 5.85. The summed E-state index contributed by atoms with van der Waals surface area (Å²) >= 11 is 0. The molecule has 1 saturated heterocycles. The van der Waals surface area contributed by atoms with Gasteiger partial charge in [0, 0.05) is 44.2 Å². The van der Waals surface area contributed by atoms with Gasteiger partial charge in [-0.05, 0) is 40.0 Å². The van der Waals surface area contributed by atoms with Crippen molar-refractivity contribution in [1.29, 1.82) is 0 Å². The zero-order valence-electron chi connectivity index (χ0n) is 16.2. The predicted octanol–water partition coefficient (Wildman–Crippen LogP) is 2.77. The molecule has 3 rings (SSSR count). The summed E-state index contributed by atoms with van der Waals surface area (Å²) in [5, 5.41) is 0. The molecule has 1 aromatic rings. The van der Waals surface area contributed by atoms with E-state index < -0.39 is 0 Å². The fourth-order valence-electron chi connectivity index (χ4n) is 4.18. The van der Waals surface area contributed by atoms with Crippen LogP contribution >= 0.6 is 0 Å². The maximum absolute atomic E-state index is 12.6. The number of likely N-dealkylation sites (tertiary alicyclic amines) is 1. The van der Waals surface area contributed by atoms with Crippen LogP contribution in [0.15, 0.2) is 6.20 Å². The van der Waals surface area contributed by atoms with Crippen LogP contribution in [0.2, 0.25) is 0 Å². The van der Waals surface area contributed by atoms with Crippen molar-refractivity contribution in [3.8, 4) is 0 Å². The van der Waals surface area contributed by atoms with Gasteiger partial charge in [-0.25, -0.2) is 9.97 Å². The summed E-state index contributed by atoms with van der Waals surface area (Å²) < 4.78 is 0. The molecule has 2 aliphatic rings. The summed E-state index contributed by atoms with van der Waals surface area (Å²) in [6.07, 6.45) is 7.01. The van der Waals surface area contributed by atoms with Gasteiger partial charge in [0.1, 0.15) is 5.82 Å². The Labute approximate surface area is 156 Å². The molecule has 2 fully saturated rings. The molecule has 1 atom stereocenters. The van der Waals surface area contributed by atoms with Crippen molar-refractivity contribution in [1.82, 2.24) is 19.8 Å². The van der Waals surface area contributed by atoms with E-state index in [9.17, 15) is 9.59 Å². The first-order chi connectivity index (χ1) is 12.5. The minimum absolute atomic E-state index is 0.0106. The Balaban J connectivity index is 1.68. The second-order valence-electron chi connectivity index (χ2n) is 7.46. The molecule has 2 heterocycles. The first-order valence-electron chi connectivity index (χ1n) is 9.96. The van der Waals surface area contributed by atoms with E-state index in [1.165, 1.54) is 12.8 Å². The molecule has 0 radical (unpaired) electrons. The van der Waals surface area contributed by atoms with Gasteiger partial charge in [-0.15, -0.1) is 0 Å². The monoisotopic (exact) mass is 358 g/mol. The molecule has 26 heavy (non-hydrogen) atoms. The van der Waals surface area contributed by atoms with Gasteiger partial charge < -0.3 is 9.80 Å². The molecule has 6 heteroatoms. The SMILES string of the molecule is CCN(CC)C(=O)c1cnc(C2CCN(C(=O)C3CCCC3)C2)nc1C. The van der Waals surface area contributed by atoms with Crippen LogP contribution in [0.25, 0.3) is 0 Å². The number of hydrogen-bond donors (Lipinski definition) is 0. The van der Waals surface area contributed by atoms with Gasteiger partial charge in [-0.3, -0.25) is 9.59 Å². The number of nitrogens with zero attached hydrogens (tertiary/aromatic N) is 4. The molecule has 0 N–H and O–H groups in total. The van der Waals surface area contributed by atoms with Gasteiger partial charge in [0.2, 0.25) is 5.91 Å². The van der Waals surface area contributed by atoms with E-state index >= 15 is 0 Å². The molecule has 142 valence electrons. The van der Waals surface area contributed by atoms with Gasteiger partial charge in [-0.2, -0.15) is 0 Å². The van der Waals surface area contributed by atoms with Crippen LogP contribution in [0.3, 0.4) is 0 Å². The van der Waals surface area contributed by atoms with Crippen molar-refractivity contribution in [3.05, 3.63) is 23.3 Å². The summed E-state index contributed by atoms with van der Waals surface area (Å²) in [5.41, 5.74) is 1.31. The lowest BCUT2D eigenvalue weighted by Gasteiger charge is -2.21. The van der Waals surface area contributed by atoms with Crippen LogP contribution in [-0.4, -0.2) is 57.8 Å². The quantitative estimate of drug-likeness (QED) is 0.812. The molecule has 1 saturated carbocycles. The van der Waals surface area contributed by atoms with Crippen LogP contribution in [-0.2, 0) is 4.79 Å². The highest BCUT2D eigenvalue weighted by atomic mass is 16.2. The fourth-order valence-corrected chi connectivity index (χ4v) is 4.18. The Hall–Kier alpha value is -1.98. The van der Waals surface area contributed by atoms with E-state index in [0.717, 1.165) is 37.3 Å². The van der Waals surface area contributed by atoms with Crippen LogP contribution in [0.4, 0.5) is 0 Å². The molecule has 6 nitrogen and oxygen atoms in total. The number of hydrogen-bond acceptors (Lipinski definition) is 4. The number of carbonyl (C=O) groups excluding carboxylic acids is 2. The lowest BCUT2D eigenvalue weighted by atomic mass is 10.1. The summed E-state index contributed by atoms with van der Waals surface area (Å²) in [7, 11) is 0. The molecular formula is C20H30N4O2. The van der Waals surface area contributed by atoms with Crippen LogP contribution in [0.5, 0.6) is 0 Å². The van der Waals surface area contributed by atoms with Crippen molar-refractivity contribution in [2.24, 2.45) is 5.92 Å². The average molecular weight is 358 g/mol. The maximum Gasteiger partial charge on any atom is 0.257 e. The average Bonchev–Trinajstić information content (AvgIpc) is 3.34. The van der Waals surface area contributed by atoms with Gasteiger partial charge in [-0.1, -0.05) is 12.8 Å². The summed E-state index contributed by atoms with van der Waals surface area (Å²) in [5.74, 6) is 1.47. The van der Waals surface area contributed by atoms with Gasteiger partial charge >= 0.3 is 0 Å². The van der Waals surface area contributed by atoms with Crippen molar-refractivity contribution >= 4 is 11.8 Å². The van der Waals surface area contributed by atoms with Crippen molar-refractivity contribution < 1.29 is 9.59 Å². The smallest absolute Gasteiger partial charge is 0.257 e. The molecule has 1 aliphatic carbocycles. The Morgan fingerprint density at radius 3 is 2.50 bits per heavy atom. The number of rotatable bonds is 5. The van der Waals surface area contributed by atoms with Crippen molar-refractivity contribution in [3.63, 3.8) is 0 Å². The summed E-state index contributed by atoms with van der Waals surface area (Å²) in [4.78, 5) is 38.0. The summed E-state index contributed by atoms with van der Waals surface area (Å²) in [6, 6.07) is 0. The van der Waals surface area contributed by atoms with E-state index in [1.54, 1.807) is 11.1 Å². The van der Waals surface area contributed by atoms with E-state index in [2.05, 4.69) is 9.97 Å². The predicted molar refractivity (Wildman–Crippen MR) is 99.9 cm³/mol. The maximum atomic E-state index is 12.6. The van der Waals surface area contributed by atoms with Crippen LogP contribution < -0.4 is 0 Å². The number of carbonyl (C=O) groups is 2. The Bertz CT molecular complexity index is 666. The lowest BCUT2D eigenvalue weighted by molar-refractivity contribution is -0.134. The number of amides is 2. The third-order valence-corrected chi connectivity index (χ3v) is 5.85. The van der Waals surface area contributed by atoms with E-state index in [0.29, 0.717) is 31.1 Å². The zero-order chi connectivity index (χ0) is 18.7. The largest absolute Gasteiger partial charge is 0.342 e. The second kappa shape index (κ2) is 8.14. The van der Waals surface area contributed by atoms with Gasteiger partial charge in [0.15, 0.2) is 0 Å². The molecule has 1 aromatic heterocycles. The molecule has 0 bridgehead atoms. The van der Waals surface area contributed by atoms with E-state index in [1.807, 2.05) is 25.7 Å². The molecule has 1 unspecified atom stereocenters. The van der Waals surface area contributed by atoms with E-state index in [4.69, 9.17) is 0 Å². The highest BCUT2D eigenvalue weighted by molar-refractivity contribution is 5.94. The normalized spacial score (nSPS) is 20.6. The Kier molecular flexibility index (Phi) is 5.89. The van der Waals surface area contributed by atoms with Gasteiger partial charge in [0.05, 0.1) is 11.3 Å². The third kappa shape index (κ3) is 3.74. The molecule has 0 spiro atoms. The van der Waals surface area contributed by atoms with Crippen LogP contribution in [0.1, 0.15) is 73.7 Å². The molecule has 0 aromatic carbocycles. The minimum Gasteiger partial charge on any atom is -0.342 e. The lowest BCUT2D eigenvalue weighted by Crippen LogP contribution is -2.33. The molecular weight excluding hydrogens is 328 g/mol. The highest BCUT2D eigenvalue weighted by Crippen LogP contribution is 2.31. The highest BCUT2D eigenvalue weighted by Gasteiger charge is 2.34. The zero-order valence-corrected chi connectivity index (χ0v) is 16.2. The number of aryl methyl sites for hydroxylation is 1. The van der Waals surface area contributed by atoms with E-state index in [-0.39, 0.29) is 17.7 Å². The minimum atomic E-state index is -0.0106. The first-order valence-corrected chi connectivity index (χ1v) is 9.96. The molecule has 1 aliphatic heterocycles. The van der Waals surface area contributed by atoms with Crippen LogP contribution in [0, 0.1) is 12.8 Å². The standard InChI is InChI=1S/C20H30N4O2/c1-4-23(5-2)20(26)17-12-21-18(22-14(17)3)16-10-11-24(13-16)19(25)15-8-6-7-9-15/h12,15-16H,4-11,13H2,1-3H3. The Morgan fingerprint density at radius 2 is 1.88 bits per heavy atom. The number of aromatic nitrogens is 2.